The predicted molar refractivity (Wildman–Crippen MR) is 106 cm³/mol. The van der Waals surface area contributed by atoms with Gasteiger partial charge in [-0.25, -0.2) is 15.0 Å². The number of carbonyl (C=O) groups is 1. The molecule has 4 N–H and O–H groups in total. The number of nitrogens with two attached hydrogens (primary N) is 1. The molecule has 1 aliphatic heterocycles. The molecule has 0 unspecified atom stereocenters. The molecule has 8 nitrogen and oxygen atoms in total. The van der Waals surface area contributed by atoms with Gasteiger partial charge in [0.2, 0.25) is 5.91 Å². The van der Waals surface area contributed by atoms with Crippen LogP contribution in [0.1, 0.15) is 24.8 Å². The number of nitrogens with zero attached hydrogens (tertiary/aromatic N) is 4. The summed E-state index contributed by atoms with van der Waals surface area (Å²) < 4.78 is 0. The van der Waals surface area contributed by atoms with Crippen LogP contribution in [0.4, 0.5) is 17.5 Å². The van der Waals surface area contributed by atoms with E-state index in [1.165, 1.54) is 11.9 Å². The van der Waals surface area contributed by atoms with Crippen molar-refractivity contribution in [2.24, 2.45) is 11.7 Å². The van der Waals surface area contributed by atoms with Crippen LogP contribution in [0.25, 0.3) is 0 Å². The van der Waals surface area contributed by atoms with Crippen LogP contribution in [-0.4, -0.2) is 52.4 Å². The fraction of sp³-hybridized carbons (Fsp3) is 0.474. The minimum Gasteiger partial charge on any atom is -0.373 e. The fourth-order valence-corrected chi connectivity index (χ4v) is 3.36. The van der Waals surface area contributed by atoms with Crippen molar-refractivity contribution in [3.63, 3.8) is 0 Å². The van der Waals surface area contributed by atoms with Crippen LogP contribution in [-0.2, 0) is 11.2 Å². The molecule has 1 fully saturated rings. The lowest BCUT2D eigenvalue weighted by molar-refractivity contribution is -0.131. The maximum Gasteiger partial charge on any atom is 0.236 e. The van der Waals surface area contributed by atoms with Crippen LogP contribution in [0.2, 0.25) is 0 Å². The number of aryl methyl sites for hydroxylation is 1. The highest BCUT2D eigenvalue weighted by Gasteiger charge is 2.21. The number of likely N-dealkylation sites (tertiary alicyclic amines) is 1. The van der Waals surface area contributed by atoms with E-state index in [0.717, 1.165) is 50.4 Å². The molecule has 2 aromatic rings. The second-order valence-corrected chi connectivity index (χ2v) is 6.78. The molecule has 3 heterocycles. The van der Waals surface area contributed by atoms with E-state index in [1.54, 1.807) is 0 Å². The second-order valence-electron chi connectivity index (χ2n) is 6.78. The summed E-state index contributed by atoms with van der Waals surface area (Å²) in [6.45, 7) is 1.76. The average Bonchev–Trinajstić information content (AvgIpc) is 2.72. The van der Waals surface area contributed by atoms with Gasteiger partial charge in [-0.15, -0.1) is 0 Å². The highest BCUT2D eigenvalue weighted by molar-refractivity contribution is 5.78. The first kappa shape index (κ1) is 19.0. The number of piperidine rings is 1. The van der Waals surface area contributed by atoms with Gasteiger partial charge < -0.3 is 21.3 Å². The number of hydrogen-bond donors (Lipinski definition) is 3. The molecule has 27 heavy (non-hydrogen) atoms. The third-order valence-corrected chi connectivity index (χ3v) is 4.99. The predicted octanol–water partition coefficient (Wildman–Crippen LogP) is 1.79. The first-order valence-electron chi connectivity index (χ1n) is 9.37. The molecule has 8 heteroatoms. The number of hydrogen-bond acceptors (Lipinski definition) is 7. The Bertz CT molecular complexity index is 759. The first-order valence-corrected chi connectivity index (χ1v) is 9.37. The molecule has 0 aromatic carbocycles. The van der Waals surface area contributed by atoms with Crippen molar-refractivity contribution in [1.29, 1.82) is 0 Å². The Kier molecular flexibility index (Phi) is 6.54. The molecule has 0 saturated carbocycles. The molecule has 0 atom stereocenters. The van der Waals surface area contributed by atoms with Gasteiger partial charge in [-0.1, -0.05) is 0 Å². The molecule has 2 aromatic heterocycles. The molecule has 0 bridgehead atoms. The quantitative estimate of drug-likeness (QED) is 0.682. The maximum atomic E-state index is 11.7. The average molecular weight is 369 g/mol. The van der Waals surface area contributed by atoms with Gasteiger partial charge in [0, 0.05) is 32.4 Å². The molecule has 1 aliphatic rings. The summed E-state index contributed by atoms with van der Waals surface area (Å²) in [7, 11) is 1.82. The summed E-state index contributed by atoms with van der Waals surface area (Å²) in [5.41, 5.74) is 6.69. The molecule has 0 radical (unpaired) electrons. The third kappa shape index (κ3) is 5.37. The summed E-state index contributed by atoms with van der Waals surface area (Å²) in [5, 5.41) is 6.22. The summed E-state index contributed by atoms with van der Waals surface area (Å²) in [5.74, 6) is 2.94. The zero-order valence-electron chi connectivity index (χ0n) is 15.7. The van der Waals surface area contributed by atoms with Gasteiger partial charge in [-0.2, -0.15) is 0 Å². The van der Waals surface area contributed by atoms with Gasteiger partial charge >= 0.3 is 0 Å². The van der Waals surface area contributed by atoms with E-state index in [2.05, 4.69) is 37.7 Å². The van der Waals surface area contributed by atoms with Crippen molar-refractivity contribution in [3.8, 4) is 0 Å². The lowest BCUT2D eigenvalue weighted by atomic mass is 9.90. The monoisotopic (exact) mass is 369 g/mol. The Morgan fingerprint density at radius 3 is 2.67 bits per heavy atom. The Morgan fingerprint density at radius 2 is 1.93 bits per heavy atom. The van der Waals surface area contributed by atoms with E-state index in [0.29, 0.717) is 11.7 Å². The highest BCUT2D eigenvalue weighted by Crippen LogP contribution is 2.23. The number of anilines is 3. The largest absolute Gasteiger partial charge is 0.373 e. The van der Waals surface area contributed by atoms with Crippen molar-refractivity contribution in [2.75, 3.05) is 37.3 Å². The molecule has 0 aliphatic carbocycles. The van der Waals surface area contributed by atoms with Gasteiger partial charge in [0.1, 0.15) is 23.8 Å². The number of amides is 1. The van der Waals surface area contributed by atoms with E-state index in [1.807, 2.05) is 24.2 Å². The van der Waals surface area contributed by atoms with Crippen molar-refractivity contribution in [2.45, 2.75) is 25.7 Å². The van der Waals surface area contributed by atoms with Crippen LogP contribution in [0.5, 0.6) is 0 Å². The van der Waals surface area contributed by atoms with Crippen LogP contribution >= 0.6 is 0 Å². The Morgan fingerprint density at radius 1 is 1.19 bits per heavy atom. The number of nitrogens with one attached hydrogen (secondary N) is 2. The van der Waals surface area contributed by atoms with E-state index in [-0.39, 0.29) is 12.5 Å². The molecule has 1 amide bonds. The second kappa shape index (κ2) is 9.27. The molecule has 0 spiro atoms. The minimum atomic E-state index is 0.0597. The Hall–Kier alpha value is -2.74. The zero-order chi connectivity index (χ0) is 19.1. The Labute approximate surface area is 159 Å². The van der Waals surface area contributed by atoms with Crippen molar-refractivity contribution >= 4 is 23.4 Å². The standard InChI is InChI=1S/C19H27N7O/c1-21-16-11-18(24-13-23-16)25-17-10-15(4-7-22-17)3-2-14-5-8-26(9-6-14)19(27)12-20/h4,7,10-11,13-14H,2-3,5-6,8-9,12,20H2,1H3,(H2,21,22,23,24,25). The summed E-state index contributed by atoms with van der Waals surface area (Å²) in [6.07, 6.45) is 7.55. The van der Waals surface area contributed by atoms with Gasteiger partial charge in [-0.05, 0) is 49.3 Å². The van der Waals surface area contributed by atoms with Crippen LogP contribution in [0.3, 0.4) is 0 Å². The van der Waals surface area contributed by atoms with Crippen molar-refractivity contribution < 1.29 is 4.79 Å². The highest BCUT2D eigenvalue weighted by atomic mass is 16.2. The first-order chi connectivity index (χ1) is 13.2. The molecular weight excluding hydrogens is 342 g/mol. The van der Waals surface area contributed by atoms with Gasteiger partial charge in [0.15, 0.2) is 0 Å². The normalized spacial score (nSPS) is 14.8. The minimum absolute atomic E-state index is 0.0597. The molecular formula is C19H27N7O. The van der Waals surface area contributed by atoms with E-state index >= 15 is 0 Å². The van der Waals surface area contributed by atoms with Crippen molar-refractivity contribution in [3.05, 3.63) is 36.3 Å². The lowest BCUT2D eigenvalue weighted by Crippen LogP contribution is -2.41. The zero-order valence-corrected chi connectivity index (χ0v) is 15.7. The summed E-state index contributed by atoms with van der Waals surface area (Å²) in [6, 6.07) is 5.95. The fourth-order valence-electron chi connectivity index (χ4n) is 3.36. The smallest absolute Gasteiger partial charge is 0.236 e. The van der Waals surface area contributed by atoms with Gasteiger partial charge in [0.25, 0.3) is 0 Å². The topological polar surface area (TPSA) is 109 Å². The summed E-state index contributed by atoms with van der Waals surface area (Å²) in [4.78, 5) is 26.2. The number of rotatable bonds is 7. The SMILES string of the molecule is CNc1cc(Nc2cc(CCC3CCN(C(=O)CN)CC3)ccn2)ncn1. The van der Waals surface area contributed by atoms with Crippen LogP contribution in [0.15, 0.2) is 30.7 Å². The lowest BCUT2D eigenvalue weighted by Gasteiger charge is -2.31. The van der Waals surface area contributed by atoms with Crippen molar-refractivity contribution in [1.82, 2.24) is 19.9 Å². The molecule has 3 rings (SSSR count). The molecule has 144 valence electrons. The van der Waals surface area contributed by atoms with E-state index in [4.69, 9.17) is 5.73 Å². The van der Waals surface area contributed by atoms with Crippen LogP contribution in [0, 0.1) is 5.92 Å². The number of pyridine rings is 1. The maximum absolute atomic E-state index is 11.7. The van der Waals surface area contributed by atoms with E-state index in [9.17, 15) is 4.79 Å². The van der Waals surface area contributed by atoms with Crippen LogP contribution < -0.4 is 16.4 Å². The van der Waals surface area contributed by atoms with Gasteiger partial charge in [-0.3, -0.25) is 4.79 Å². The van der Waals surface area contributed by atoms with Gasteiger partial charge in [0.05, 0.1) is 6.54 Å². The number of carbonyl (C=O) groups excluding carboxylic acids is 1. The van der Waals surface area contributed by atoms with E-state index < -0.39 is 0 Å². The third-order valence-electron chi connectivity index (χ3n) is 4.99. The number of aromatic nitrogens is 3. The Balaban J connectivity index is 1.51. The summed E-state index contributed by atoms with van der Waals surface area (Å²) >= 11 is 0. The molecule has 1 saturated heterocycles.